The maximum Gasteiger partial charge on any atom is 0.433 e. The van der Waals surface area contributed by atoms with Crippen molar-refractivity contribution >= 4 is 23.4 Å². The van der Waals surface area contributed by atoms with Crippen molar-refractivity contribution in [2.24, 2.45) is 0 Å². The van der Waals surface area contributed by atoms with Gasteiger partial charge in [0.2, 0.25) is 0 Å². The normalized spacial score (nSPS) is 12.0. The van der Waals surface area contributed by atoms with Gasteiger partial charge in [0, 0.05) is 12.3 Å². The van der Waals surface area contributed by atoms with Crippen LogP contribution in [-0.2, 0) is 6.18 Å². The Bertz CT molecular complexity index is 918. The van der Waals surface area contributed by atoms with E-state index in [0.29, 0.717) is 10.6 Å². The van der Waals surface area contributed by atoms with Crippen molar-refractivity contribution in [1.29, 1.82) is 0 Å². The first-order valence-electron chi connectivity index (χ1n) is 6.68. The minimum atomic E-state index is -4.57. The number of thioether (sulfide) groups is 1. The molecule has 0 saturated heterocycles. The molecule has 0 fully saturated rings. The highest BCUT2D eigenvalue weighted by molar-refractivity contribution is 7.99. The van der Waals surface area contributed by atoms with E-state index in [1.54, 1.807) is 0 Å². The number of hydrogen-bond acceptors (Lipinski definition) is 5. The molecule has 0 amide bonds. The zero-order chi connectivity index (χ0) is 17.5. The van der Waals surface area contributed by atoms with Crippen molar-refractivity contribution in [3.63, 3.8) is 0 Å². The molecule has 0 radical (unpaired) electrons. The number of carboxylic acid groups (broad SMARTS) is 1. The second-order valence-electron chi connectivity index (χ2n) is 4.68. The lowest BCUT2D eigenvalue weighted by molar-refractivity contribution is -0.141. The molecule has 0 spiro atoms. The molecule has 0 unspecified atom stereocenters. The lowest BCUT2D eigenvalue weighted by atomic mass is 10.3. The summed E-state index contributed by atoms with van der Waals surface area (Å²) in [4.78, 5) is 19.1. The summed E-state index contributed by atoms with van der Waals surface area (Å²) in [7, 11) is 0. The predicted octanol–water partition coefficient (Wildman–Crippen LogP) is 2.95. The third-order valence-corrected chi connectivity index (χ3v) is 4.08. The summed E-state index contributed by atoms with van der Waals surface area (Å²) in [5.41, 5.74) is -0.557. The van der Waals surface area contributed by atoms with Gasteiger partial charge in [-0.1, -0.05) is 6.92 Å². The van der Waals surface area contributed by atoms with Crippen molar-refractivity contribution in [3.8, 4) is 11.4 Å². The maximum atomic E-state index is 12.7. The molecule has 3 rings (SSSR count). The number of aromatic carboxylic acids is 1. The van der Waals surface area contributed by atoms with E-state index in [4.69, 9.17) is 0 Å². The molecule has 0 saturated carbocycles. The fourth-order valence-electron chi connectivity index (χ4n) is 2.10. The van der Waals surface area contributed by atoms with E-state index < -0.39 is 17.8 Å². The molecule has 3 heterocycles. The highest BCUT2D eigenvalue weighted by Crippen LogP contribution is 2.33. The van der Waals surface area contributed by atoms with Crippen LogP contribution in [0.3, 0.4) is 0 Å². The third-order valence-electron chi connectivity index (χ3n) is 3.11. The van der Waals surface area contributed by atoms with Crippen LogP contribution in [0, 0.1) is 0 Å². The van der Waals surface area contributed by atoms with Gasteiger partial charge in [0.05, 0.1) is 4.90 Å². The van der Waals surface area contributed by atoms with Crippen LogP contribution in [0.5, 0.6) is 0 Å². The van der Waals surface area contributed by atoms with Gasteiger partial charge in [-0.3, -0.25) is 9.50 Å². The molecule has 3 aromatic rings. The van der Waals surface area contributed by atoms with Gasteiger partial charge < -0.3 is 5.11 Å². The van der Waals surface area contributed by atoms with Crippen LogP contribution < -0.4 is 0 Å². The average Bonchev–Trinajstić information content (AvgIpc) is 3.08. The summed E-state index contributed by atoms with van der Waals surface area (Å²) in [5.74, 6) is -0.575. The number of nitrogens with one attached hydrogen (secondary N) is 1. The summed E-state index contributed by atoms with van der Waals surface area (Å²) in [6.07, 6.45) is -2.12. The summed E-state index contributed by atoms with van der Waals surface area (Å²) in [6, 6.07) is 0.820. The summed E-state index contributed by atoms with van der Waals surface area (Å²) in [6.45, 7) is 1.84. The molecular weight excluding hydrogens is 347 g/mol. The monoisotopic (exact) mass is 357 g/mol. The Morgan fingerprint density at radius 1 is 1.46 bits per heavy atom. The van der Waals surface area contributed by atoms with Gasteiger partial charge >= 0.3 is 12.1 Å². The summed E-state index contributed by atoms with van der Waals surface area (Å²) < 4.78 is 39.5. The maximum absolute atomic E-state index is 12.7. The first-order valence-corrected chi connectivity index (χ1v) is 7.66. The predicted molar refractivity (Wildman–Crippen MR) is 78.9 cm³/mol. The van der Waals surface area contributed by atoms with Gasteiger partial charge in [-0.15, -0.1) is 11.8 Å². The number of aromatic amines is 1. The molecule has 0 aliphatic heterocycles. The Hall–Kier alpha value is -2.56. The minimum Gasteiger partial charge on any atom is -0.476 e. The smallest absolute Gasteiger partial charge is 0.433 e. The fourth-order valence-corrected chi connectivity index (χ4v) is 2.95. The van der Waals surface area contributed by atoms with Crippen LogP contribution >= 0.6 is 11.8 Å². The first-order chi connectivity index (χ1) is 11.3. The Kier molecular flexibility index (Phi) is 3.95. The number of H-pyrrole nitrogens is 1. The minimum absolute atomic E-state index is 0.0413. The molecule has 11 heteroatoms. The molecule has 7 nitrogen and oxygen atoms in total. The zero-order valence-corrected chi connectivity index (χ0v) is 12.9. The number of hydrogen-bond donors (Lipinski definition) is 2. The van der Waals surface area contributed by atoms with Crippen molar-refractivity contribution in [2.45, 2.75) is 18.0 Å². The van der Waals surface area contributed by atoms with Crippen LogP contribution in [0.2, 0.25) is 0 Å². The van der Waals surface area contributed by atoms with Crippen molar-refractivity contribution < 1.29 is 23.1 Å². The highest BCUT2D eigenvalue weighted by atomic mass is 32.2. The first kappa shape index (κ1) is 16.3. The number of fused-ring (bicyclic) bond motifs is 1. The number of carboxylic acids is 1. The van der Waals surface area contributed by atoms with E-state index >= 15 is 0 Å². The van der Waals surface area contributed by atoms with Gasteiger partial charge in [-0.2, -0.15) is 18.3 Å². The average molecular weight is 357 g/mol. The molecule has 126 valence electrons. The highest BCUT2D eigenvalue weighted by Gasteiger charge is 2.33. The Balaban J connectivity index is 2.12. The molecule has 0 aliphatic rings. The van der Waals surface area contributed by atoms with Crippen LogP contribution in [0.1, 0.15) is 23.1 Å². The standard InChI is InChI=1S/C13H10F3N5O2S/c1-2-24-11-9(19-20-10(11)12(22)23)6-4-21-5-17-7(13(14,15)16)3-8(21)18-6/h3-5H,2H2,1H3,(H,19,20)(H,22,23). The van der Waals surface area contributed by atoms with Crippen molar-refractivity contribution in [3.05, 3.63) is 30.0 Å². The van der Waals surface area contributed by atoms with Crippen molar-refractivity contribution in [1.82, 2.24) is 24.6 Å². The second-order valence-corrected chi connectivity index (χ2v) is 5.95. The molecule has 0 aromatic carbocycles. The lowest BCUT2D eigenvalue weighted by Crippen LogP contribution is -2.08. The Morgan fingerprint density at radius 2 is 2.21 bits per heavy atom. The largest absolute Gasteiger partial charge is 0.476 e. The molecule has 0 aliphatic carbocycles. The van der Waals surface area contributed by atoms with E-state index in [1.807, 2.05) is 6.92 Å². The van der Waals surface area contributed by atoms with Crippen LogP contribution in [0.15, 0.2) is 23.5 Å². The summed E-state index contributed by atoms with van der Waals surface area (Å²) >= 11 is 1.26. The third kappa shape index (κ3) is 2.82. The lowest BCUT2D eigenvalue weighted by Gasteiger charge is -2.04. The van der Waals surface area contributed by atoms with Crippen LogP contribution in [0.4, 0.5) is 13.2 Å². The topological polar surface area (TPSA) is 96.2 Å². The van der Waals surface area contributed by atoms with Crippen LogP contribution in [0.25, 0.3) is 17.0 Å². The number of nitrogens with zero attached hydrogens (tertiary/aromatic N) is 4. The number of aromatic nitrogens is 5. The Morgan fingerprint density at radius 3 is 2.83 bits per heavy atom. The van der Waals surface area contributed by atoms with Gasteiger partial charge in [-0.25, -0.2) is 14.8 Å². The molecule has 0 bridgehead atoms. The molecule has 24 heavy (non-hydrogen) atoms. The summed E-state index contributed by atoms with van der Waals surface area (Å²) in [5, 5.41) is 15.5. The van der Waals surface area contributed by atoms with Crippen molar-refractivity contribution in [2.75, 3.05) is 5.75 Å². The van der Waals surface area contributed by atoms with Gasteiger partial charge in [-0.05, 0) is 5.75 Å². The Labute approximate surface area is 136 Å². The number of halogens is 3. The van der Waals surface area contributed by atoms with E-state index in [1.165, 1.54) is 22.4 Å². The molecule has 2 N–H and O–H groups in total. The van der Waals surface area contributed by atoms with Gasteiger partial charge in [0.15, 0.2) is 5.69 Å². The quantitative estimate of drug-likeness (QED) is 0.697. The van der Waals surface area contributed by atoms with Gasteiger partial charge in [0.25, 0.3) is 0 Å². The van der Waals surface area contributed by atoms with E-state index in [0.717, 1.165) is 12.4 Å². The van der Waals surface area contributed by atoms with Crippen LogP contribution in [-0.4, -0.2) is 41.4 Å². The van der Waals surface area contributed by atoms with E-state index in [-0.39, 0.29) is 22.7 Å². The van der Waals surface area contributed by atoms with Gasteiger partial charge in [0.1, 0.15) is 29.1 Å². The fraction of sp³-hybridized carbons (Fsp3) is 0.231. The SMILES string of the molecule is CCSc1c(-c2cn3cnc(C(F)(F)F)cc3n2)n[nH]c1C(=O)O. The number of imidazole rings is 1. The molecular formula is C13H10F3N5O2S. The number of alkyl halides is 3. The van der Waals surface area contributed by atoms with E-state index in [9.17, 15) is 23.1 Å². The zero-order valence-electron chi connectivity index (χ0n) is 12.1. The number of rotatable bonds is 4. The van der Waals surface area contributed by atoms with E-state index in [2.05, 4.69) is 20.2 Å². The number of carbonyl (C=O) groups is 1. The molecule has 3 aromatic heterocycles. The molecule has 0 atom stereocenters. The second kappa shape index (κ2) is 5.82.